The summed E-state index contributed by atoms with van der Waals surface area (Å²) >= 11 is 0. The second kappa shape index (κ2) is 5.32. The van der Waals surface area contributed by atoms with Gasteiger partial charge in [0, 0.05) is 22.3 Å². The van der Waals surface area contributed by atoms with Crippen molar-refractivity contribution in [1.29, 1.82) is 10.5 Å². The minimum atomic E-state index is 0.465. The van der Waals surface area contributed by atoms with E-state index in [1.54, 1.807) is 18.2 Å². The maximum Gasteiger partial charge on any atom is 0.206 e. The summed E-state index contributed by atoms with van der Waals surface area (Å²) < 4.78 is 0. The van der Waals surface area contributed by atoms with Crippen molar-refractivity contribution in [3.8, 4) is 12.3 Å². The molecular formula is C17H7N5. The summed E-state index contributed by atoms with van der Waals surface area (Å²) in [6.07, 6.45) is 1.82. The molecule has 22 heavy (non-hydrogen) atoms. The summed E-state index contributed by atoms with van der Waals surface area (Å²) in [7, 11) is 0. The molecule has 0 radical (unpaired) electrons. The zero-order chi connectivity index (χ0) is 15.5. The van der Waals surface area contributed by atoms with E-state index in [0.717, 1.165) is 11.1 Å². The van der Waals surface area contributed by atoms with E-state index in [1.165, 1.54) is 0 Å². The lowest BCUT2D eigenvalue weighted by Crippen LogP contribution is -2.22. The molecular weight excluding hydrogens is 274 g/mol. The van der Waals surface area contributed by atoms with Crippen LogP contribution in [0.3, 0.4) is 0 Å². The summed E-state index contributed by atoms with van der Waals surface area (Å²) in [5.74, 6) is 0. The number of hydrogen-bond acceptors (Lipinski definition) is 4. The van der Waals surface area contributed by atoms with Gasteiger partial charge in [0.2, 0.25) is 6.19 Å². The molecule has 5 nitrogen and oxygen atoms in total. The average Bonchev–Trinajstić information content (AvgIpc) is 2.57. The van der Waals surface area contributed by atoms with E-state index in [-0.39, 0.29) is 0 Å². The third-order valence-electron chi connectivity index (χ3n) is 3.41. The average molecular weight is 281 g/mol. The fourth-order valence-corrected chi connectivity index (χ4v) is 2.53. The Labute approximate surface area is 126 Å². The molecule has 0 saturated carbocycles. The topological polar surface area (TPSA) is 76.7 Å². The summed E-state index contributed by atoms with van der Waals surface area (Å²) in [6, 6.07) is 14.5. The van der Waals surface area contributed by atoms with Crippen molar-refractivity contribution >= 4 is 11.4 Å². The minimum Gasteiger partial charge on any atom is -0.192 e. The van der Waals surface area contributed by atoms with Gasteiger partial charge < -0.3 is 0 Å². The van der Waals surface area contributed by atoms with Crippen LogP contribution in [-0.4, -0.2) is 11.4 Å². The van der Waals surface area contributed by atoms with Gasteiger partial charge in [0.25, 0.3) is 0 Å². The second-order valence-electron chi connectivity index (χ2n) is 4.53. The Bertz CT molecular complexity index is 962. The molecule has 0 heterocycles. The van der Waals surface area contributed by atoms with Gasteiger partial charge in [-0.2, -0.15) is 22.1 Å². The predicted octanol–water partition coefficient (Wildman–Crippen LogP) is 2.86. The maximum atomic E-state index is 9.09. The highest BCUT2D eigenvalue weighted by atomic mass is 15.2. The summed E-state index contributed by atoms with van der Waals surface area (Å²) in [6.45, 7) is 7.04. The molecule has 0 atom stereocenters. The molecule has 0 saturated heterocycles. The fraction of sp³-hybridized carbons (Fsp3) is 0. The van der Waals surface area contributed by atoms with Crippen molar-refractivity contribution in [1.82, 2.24) is 0 Å². The number of rotatable bonds is 0. The summed E-state index contributed by atoms with van der Waals surface area (Å²) in [5, 5.41) is 22.0. The molecule has 0 N–H and O–H groups in total. The predicted molar refractivity (Wildman–Crippen MR) is 81.1 cm³/mol. The Hall–Kier alpha value is -3.75. The smallest absolute Gasteiger partial charge is 0.192 e. The molecule has 0 aliphatic heterocycles. The molecule has 0 unspecified atom stereocenters. The first kappa shape index (κ1) is 13.2. The van der Waals surface area contributed by atoms with Crippen molar-refractivity contribution in [2.45, 2.75) is 0 Å². The molecule has 1 aliphatic carbocycles. The molecule has 0 fully saturated rings. The van der Waals surface area contributed by atoms with Crippen LogP contribution in [0.4, 0.5) is 0 Å². The third-order valence-corrected chi connectivity index (χ3v) is 3.41. The highest BCUT2D eigenvalue weighted by Gasteiger charge is 2.28. The van der Waals surface area contributed by atoms with E-state index in [1.807, 2.05) is 30.5 Å². The van der Waals surface area contributed by atoms with Crippen LogP contribution in [0.1, 0.15) is 27.8 Å². The zero-order valence-electron chi connectivity index (χ0n) is 11.3. The first-order chi connectivity index (χ1) is 10.8. The number of nitrogens with zero attached hydrogens (tertiary/aromatic N) is 5. The Balaban J connectivity index is 2.43. The molecule has 100 valence electrons. The standard InChI is InChI=1S/C17H7N5/c1-20-22-17-13-5-3-2-4-12(13)16(21-10-19)14-7-6-11(9-18)8-15(14)17/h2-8H/b21-16-,22-17+. The third kappa shape index (κ3) is 1.93. The van der Waals surface area contributed by atoms with Crippen LogP contribution in [0, 0.1) is 29.4 Å². The Morgan fingerprint density at radius 2 is 1.59 bits per heavy atom. The molecule has 1 aliphatic rings. The highest BCUT2D eigenvalue weighted by molar-refractivity contribution is 6.31. The van der Waals surface area contributed by atoms with Crippen LogP contribution in [0.25, 0.3) is 4.95 Å². The fourth-order valence-electron chi connectivity index (χ4n) is 2.53. The van der Waals surface area contributed by atoms with Gasteiger partial charge >= 0.3 is 0 Å². The first-order valence-corrected chi connectivity index (χ1v) is 6.36. The second-order valence-corrected chi connectivity index (χ2v) is 4.53. The van der Waals surface area contributed by atoms with Crippen molar-refractivity contribution in [3.05, 3.63) is 81.8 Å². The normalized spacial score (nSPS) is 15.3. The SMILES string of the molecule is [C-]#[N+]/N=C1\c2ccccc2/C(=N/C#N)c2ccc(C#N)cc21. The molecule has 0 amide bonds. The van der Waals surface area contributed by atoms with Gasteiger partial charge in [-0.15, -0.1) is 4.95 Å². The Kier molecular flexibility index (Phi) is 3.20. The van der Waals surface area contributed by atoms with E-state index in [9.17, 15) is 0 Å². The van der Waals surface area contributed by atoms with Gasteiger partial charge in [0.1, 0.15) is 0 Å². The number of nitriles is 2. The van der Waals surface area contributed by atoms with Gasteiger partial charge in [0.05, 0.1) is 22.4 Å². The van der Waals surface area contributed by atoms with Crippen LogP contribution in [0.15, 0.2) is 52.6 Å². The maximum absolute atomic E-state index is 9.09. The first-order valence-electron chi connectivity index (χ1n) is 6.36. The number of benzene rings is 2. The van der Waals surface area contributed by atoms with Crippen LogP contribution >= 0.6 is 0 Å². The highest BCUT2D eigenvalue weighted by Crippen LogP contribution is 2.29. The van der Waals surface area contributed by atoms with Crippen molar-refractivity contribution in [2.24, 2.45) is 10.1 Å². The van der Waals surface area contributed by atoms with E-state index < -0.39 is 0 Å². The van der Waals surface area contributed by atoms with Gasteiger partial charge in [-0.1, -0.05) is 30.3 Å². The Morgan fingerprint density at radius 1 is 0.909 bits per heavy atom. The van der Waals surface area contributed by atoms with E-state index in [0.29, 0.717) is 28.1 Å². The lowest BCUT2D eigenvalue weighted by Gasteiger charge is -2.20. The molecule has 3 rings (SSSR count). The molecule has 0 aromatic heterocycles. The van der Waals surface area contributed by atoms with Crippen molar-refractivity contribution in [2.75, 3.05) is 0 Å². The molecule has 2 aromatic carbocycles. The molecule has 0 spiro atoms. The minimum absolute atomic E-state index is 0.465. The molecule has 5 heteroatoms. The Morgan fingerprint density at radius 3 is 2.23 bits per heavy atom. The molecule has 0 bridgehead atoms. The van der Waals surface area contributed by atoms with Gasteiger partial charge in [0.15, 0.2) is 5.71 Å². The summed E-state index contributed by atoms with van der Waals surface area (Å²) in [4.78, 5) is 7.06. The quantitative estimate of drug-likeness (QED) is 0.361. The lowest BCUT2D eigenvalue weighted by atomic mass is 9.82. The van der Waals surface area contributed by atoms with Crippen molar-refractivity contribution < 1.29 is 0 Å². The van der Waals surface area contributed by atoms with E-state index >= 15 is 0 Å². The van der Waals surface area contributed by atoms with Gasteiger partial charge in [-0.3, -0.25) is 0 Å². The zero-order valence-corrected chi connectivity index (χ0v) is 11.3. The largest absolute Gasteiger partial charge is 0.206 e. The van der Waals surface area contributed by atoms with Gasteiger partial charge in [-0.05, 0) is 12.1 Å². The number of aliphatic imine (C=N–C) groups is 1. The van der Waals surface area contributed by atoms with Gasteiger partial charge in [-0.25, -0.2) is 0 Å². The number of hydrogen-bond donors (Lipinski definition) is 0. The van der Waals surface area contributed by atoms with E-state index in [4.69, 9.17) is 17.1 Å². The van der Waals surface area contributed by atoms with Crippen molar-refractivity contribution in [3.63, 3.8) is 0 Å². The van der Waals surface area contributed by atoms with E-state index in [2.05, 4.69) is 21.1 Å². The van der Waals surface area contributed by atoms with Crippen LogP contribution in [0.5, 0.6) is 0 Å². The monoisotopic (exact) mass is 281 g/mol. The van der Waals surface area contributed by atoms with Crippen LogP contribution < -0.4 is 0 Å². The summed E-state index contributed by atoms with van der Waals surface area (Å²) in [5.41, 5.74) is 4.31. The molecule has 2 aromatic rings. The van der Waals surface area contributed by atoms with Crippen LogP contribution in [0.2, 0.25) is 0 Å². The van der Waals surface area contributed by atoms with Crippen LogP contribution in [-0.2, 0) is 0 Å². The number of fused-ring (bicyclic) bond motifs is 2. The lowest BCUT2D eigenvalue weighted by molar-refractivity contribution is 1.38.